The third-order valence-corrected chi connectivity index (χ3v) is 16.8. The first-order chi connectivity index (χ1) is 36.4. The van der Waals surface area contributed by atoms with Crippen molar-refractivity contribution in [1.29, 1.82) is 0 Å². The van der Waals surface area contributed by atoms with Gasteiger partial charge < -0.3 is 96.0 Å². The predicted octanol–water partition coefficient (Wildman–Crippen LogP) is -1.84. The van der Waals surface area contributed by atoms with Crippen molar-refractivity contribution in [3.63, 3.8) is 0 Å². The average Bonchev–Trinajstić information content (AvgIpc) is 3.39. The maximum absolute atomic E-state index is 8.78. The topological polar surface area (TPSA) is 152 Å². The van der Waals surface area contributed by atoms with Gasteiger partial charge in [0.15, 0.2) is 0 Å². The van der Waals surface area contributed by atoms with E-state index in [0.717, 1.165) is 109 Å². The second-order valence-electron chi connectivity index (χ2n) is 24.7. The number of hydrogen-bond donors (Lipinski definition) is 8. The third-order valence-electron chi connectivity index (χ3n) is 16.8. The molecule has 20 heteroatoms. The summed E-state index contributed by atoms with van der Waals surface area (Å²) in [6.45, 7) is 47.4. The van der Waals surface area contributed by atoms with Crippen LogP contribution < -0.4 is 31.9 Å². The first-order valence-corrected chi connectivity index (χ1v) is 30.3. The minimum absolute atomic E-state index is 0.254. The molecule has 0 saturated carbocycles. The van der Waals surface area contributed by atoms with Crippen LogP contribution in [0.4, 0.5) is 0 Å². The molecule has 0 amide bonds. The monoisotopic (exact) mass is 1100 g/mol. The van der Waals surface area contributed by atoms with E-state index >= 15 is 0 Å². The van der Waals surface area contributed by atoms with Crippen molar-refractivity contribution in [2.75, 3.05) is 274 Å². The maximum atomic E-state index is 8.78. The summed E-state index contributed by atoms with van der Waals surface area (Å²) in [6, 6.07) is 5.67. The molecule has 9 aliphatic rings. The minimum Gasteiger partial charge on any atom is -0.395 e. The molecule has 9 rings (SSSR count). The summed E-state index contributed by atoms with van der Waals surface area (Å²) < 4.78 is 0. The summed E-state index contributed by atoms with van der Waals surface area (Å²) in [5.74, 6) is 0. The third kappa shape index (κ3) is 36.4. The fourth-order valence-electron chi connectivity index (χ4n) is 10.0. The Bertz CT molecular complexity index is 1230. The highest BCUT2D eigenvalue weighted by molar-refractivity contribution is 4.79. The van der Waals surface area contributed by atoms with Gasteiger partial charge in [-0.2, -0.15) is 0 Å². The number of piperazine rings is 9. The highest BCUT2D eigenvalue weighted by Gasteiger charge is 2.20. The van der Waals surface area contributed by atoms with E-state index in [1.54, 1.807) is 0 Å². The molecule has 77 heavy (non-hydrogen) atoms. The van der Waals surface area contributed by atoms with Gasteiger partial charge in [-0.05, 0) is 133 Å². The van der Waals surface area contributed by atoms with Crippen LogP contribution in [-0.4, -0.2) is 398 Å². The molecular weight excluding hydrogens is 969 g/mol. The Balaban J connectivity index is 0.000000433. The number of hydrogen-bond acceptors (Lipinski definition) is 20. The molecule has 9 saturated heterocycles. The van der Waals surface area contributed by atoms with Crippen molar-refractivity contribution >= 4 is 0 Å². The number of likely N-dealkylation sites (N-methyl/N-ethyl adjacent to an activating group) is 12. The van der Waals surface area contributed by atoms with Crippen LogP contribution in [0.1, 0.15) is 48.5 Å². The van der Waals surface area contributed by atoms with Crippen molar-refractivity contribution in [1.82, 2.24) is 90.7 Å². The van der Waals surface area contributed by atoms with Crippen molar-refractivity contribution in [3.05, 3.63) is 0 Å². The molecular formula is C57H132N18O2. The van der Waals surface area contributed by atoms with Gasteiger partial charge in [0.1, 0.15) is 0 Å². The van der Waals surface area contributed by atoms with E-state index in [2.05, 4.69) is 217 Å². The fraction of sp³-hybridized carbons (Fsp3) is 1.00. The molecule has 9 atom stereocenters. The van der Waals surface area contributed by atoms with Crippen LogP contribution in [0.25, 0.3) is 0 Å². The molecule has 9 fully saturated rings. The van der Waals surface area contributed by atoms with E-state index in [-0.39, 0.29) is 13.2 Å². The Morgan fingerprint density at radius 3 is 0.818 bits per heavy atom. The zero-order valence-electron chi connectivity index (χ0n) is 54.0. The number of rotatable bonds is 2. The molecule has 0 spiro atoms. The van der Waals surface area contributed by atoms with Crippen LogP contribution in [-0.2, 0) is 0 Å². The van der Waals surface area contributed by atoms with E-state index < -0.39 is 0 Å². The van der Waals surface area contributed by atoms with Gasteiger partial charge in [0.05, 0.1) is 13.2 Å². The van der Waals surface area contributed by atoms with E-state index in [9.17, 15) is 0 Å². The molecule has 0 radical (unpaired) electrons. The number of nitrogens with zero attached hydrogens (tertiary/aromatic N) is 12. The lowest BCUT2D eigenvalue weighted by Crippen LogP contribution is -2.50. The SMILES string of the molecule is CC1CN(C)CCN1.CC1CN(C)CCN1.CC1CN(C)CCN1C.CC1CN(C)CCN1C.CC1CN(C)CCN1C.CC1CNCCN1C.CC1CNCCN1C.CN1CCNC(CO)C1.CN1CCNCC1CO. The van der Waals surface area contributed by atoms with Crippen molar-refractivity contribution in [3.8, 4) is 0 Å². The average molecular weight is 1100 g/mol. The molecule has 9 heterocycles. The van der Waals surface area contributed by atoms with Crippen LogP contribution in [0, 0.1) is 0 Å². The smallest absolute Gasteiger partial charge is 0.0599 e. The Hall–Kier alpha value is -0.800. The lowest BCUT2D eigenvalue weighted by atomic mass is 10.2. The molecule has 0 bridgehead atoms. The van der Waals surface area contributed by atoms with Crippen molar-refractivity contribution in [2.45, 2.75) is 103 Å². The number of aliphatic hydroxyl groups is 2. The second-order valence-corrected chi connectivity index (χ2v) is 24.7. The summed E-state index contributed by atoms with van der Waals surface area (Å²) in [7, 11) is 25.9. The van der Waals surface area contributed by atoms with Crippen LogP contribution in [0.2, 0.25) is 0 Å². The highest BCUT2D eigenvalue weighted by atomic mass is 16.3. The zero-order chi connectivity index (χ0) is 57.9. The van der Waals surface area contributed by atoms with Gasteiger partial charge in [-0.1, -0.05) is 0 Å². The molecule has 0 aromatic rings. The van der Waals surface area contributed by atoms with Crippen LogP contribution in [0.3, 0.4) is 0 Å². The van der Waals surface area contributed by atoms with Gasteiger partial charge in [0.25, 0.3) is 0 Å². The first-order valence-electron chi connectivity index (χ1n) is 30.3. The fourth-order valence-corrected chi connectivity index (χ4v) is 10.0. The van der Waals surface area contributed by atoms with E-state index in [4.69, 9.17) is 10.2 Å². The summed E-state index contributed by atoms with van der Waals surface area (Å²) in [5, 5.41) is 37.3. The lowest BCUT2D eigenvalue weighted by molar-refractivity contribution is 0.124. The van der Waals surface area contributed by atoms with E-state index in [0.29, 0.717) is 24.2 Å². The van der Waals surface area contributed by atoms with Gasteiger partial charge in [-0.25, -0.2) is 0 Å². The van der Waals surface area contributed by atoms with Crippen LogP contribution in [0.15, 0.2) is 0 Å². The molecule has 0 aromatic carbocycles. The Kier molecular flexibility index (Phi) is 42.2. The Morgan fingerprint density at radius 1 is 0.299 bits per heavy atom. The summed E-state index contributed by atoms with van der Waals surface area (Å²) in [6.07, 6.45) is 0. The Labute approximate surface area is 476 Å². The van der Waals surface area contributed by atoms with E-state index in [1.807, 2.05) is 7.05 Å². The van der Waals surface area contributed by atoms with Crippen molar-refractivity contribution < 1.29 is 10.2 Å². The Morgan fingerprint density at radius 2 is 0.610 bits per heavy atom. The lowest BCUT2D eigenvalue weighted by Gasteiger charge is -2.35. The quantitative estimate of drug-likeness (QED) is 0.157. The first kappa shape index (κ1) is 74.2. The van der Waals surface area contributed by atoms with E-state index in [1.165, 1.54) is 98.2 Å². The minimum atomic E-state index is 0.254. The molecule has 8 N–H and O–H groups in total. The molecule has 9 unspecified atom stereocenters. The number of aliphatic hydroxyl groups excluding tert-OH is 2. The summed E-state index contributed by atoms with van der Waals surface area (Å²) in [5.41, 5.74) is 0. The molecule has 20 nitrogen and oxygen atoms in total. The second kappa shape index (κ2) is 43.8. The molecule has 462 valence electrons. The molecule has 0 aliphatic carbocycles. The summed E-state index contributed by atoms with van der Waals surface area (Å²) >= 11 is 0. The van der Waals surface area contributed by atoms with Gasteiger partial charge in [0.2, 0.25) is 0 Å². The van der Waals surface area contributed by atoms with Gasteiger partial charge in [-0.3, -0.25) is 4.90 Å². The molecule has 9 aliphatic heterocycles. The predicted molar refractivity (Wildman–Crippen MR) is 331 cm³/mol. The summed E-state index contributed by atoms with van der Waals surface area (Å²) in [4.78, 5) is 28.2. The maximum Gasteiger partial charge on any atom is 0.0599 e. The standard InChI is InChI=1S/3C7H16N2.2C6H14N2O.4C6H14N2/c3*1-7-6-8(2)4-5-9(7)3;1-8-3-2-7-6(4-8)5-9;1-8-3-2-7-4-6(8)5-9;2*1-6-5-8(2)4-3-7-6;2*1-6-5-7-3-4-8(6)2/h3*7H,4-6H2,1-3H3;2*6-7,9H,2-5H2,1H3;4*6-7H,3-5H2,1-2H3. The van der Waals surface area contributed by atoms with Gasteiger partial charge in [0, 0.05) is 231 Å². The van der Waals surface area contributed by atoms with Crippen molar-refractivity contribution in [2.24, 2.45) is 0 Å². The zero-order valence-corrected chi connectivity index (χ0v) is 54.0. The van der Waals surface area contributed by atoms with Crippen LogP contribution in [0.5, 0.6) is 0 Å². The largest absolute Gasteiger partial charge is 0.395 e. The normalized spacial score (nSPS) is 32.5. The van der Waals surface area contributed by atoms with Crippen LogP contribution >= 0.6 is 0 Å². The van der Waals surface area contributed by atoms with Gasteiger partial charge in [-0.15, -0.1) is 0 Å². The number of nitrogens with one attached hydrogen (secondary N) is 6. The highest BCUT2D eigenvalue weighted by Crippen LogP contribution is 2.06. The molecule has 0 aromatic heterocycles. The van der Waals surface area contributed by atoms with Gasteiger partial charge >= 0.3 is 0 Å².